The van der Waals surface area contributed by atoms with Gasteiger partial charge < -0.3 is 4.90 Å². The predicted molar refractivity (Wildman–Crippen MR) is 92.4 cm³/mol. The monoisotopic (exact) mass is 335 g/mol. The standard InChI is InChI=1S/C18H19Cl2NO/c1-13(16-10-9-15(19)12-17(16)20)21(2)18(22)11-8-14-6-4-3-5-7-14/h3-7,9-10,12-13H,8,11H2,1-2H3. The average molecular weight is 336 g/mol. The van der Waals surface area contributed by atoms with E-state index >= 15 is 0 Å². The van der Waals surface area contributed by atoms with E-state index in [2.05, 4.69) is 0 Å². The fourth-order valence-corrected chi connectivity index (χ4v) is 2.90. The molecule has 2 nitrogen and oxygen atoms in total. The van der Waals surface area contributed by atoms with Gasteiger partial charge in [0.25, 0.3) is 0 Å². The Morgan fingerprint density at radius 2 is 1.82 bits per heavy atom. The SMILES string of the molecule is CC(c1ccc(Cl)cc1Cl)N(C)C(=O)CCc1ccccc1. The molecule has 1 unspecified atom stereocenters. The molecule has 4 heteroatoms. The van der Waals surface area contributed by atoms with E-state index in [-0.39, 0.29) is 11.9 Å². The van der Waals surface area contributed by atoms with Crippen molar-refractivity contribution in [1.82, 2.24) is 4.90 Å². The maximum Gasteiger partial charge on any atom is 0.223 e. The lowest BCUT2D eigenvalue weighted by molar-refractivity contribution is -0.131. The molecular formula is C18H19Cl2NO. The quantitative estimate of drug-likeness (QED) is 0.740. The molecule has 0 radical (unpaired) electrons. The Hall–Kier alpha value is -1.51. The summed E-state index contributed by atoms with van der Waals surface area (Å²) in [5.41, 5.74) is 2.07. The molecule has 0 aliphatic heterocycles. The maximum absolute atomic E-state index is 12.4. The van der Waals surface area contributed by atoms with Crippen LogP contribution >= 0.6 is 23.2 Å². The van der Waals surface area contributed by atoms with Crippen LogP contribution in [-0.2, 0) is 11.2 Å². The van der Waals surface area contributed by atoms with Crippen molar-refractivity contribution in [2.24, 2.45) is 0 Å². The first-order chi connectivity index (χ1) is 10.5. The van der Waals surface area contributed by atoms with Crippen molar-refractivity contribution in [3.8, 4) is 0 Å². The van der Waals surface area contributed by atoms with Gasteiger partial charge in [0.15, 0.2) is 0 Å². The van der Waals surface area contributed by atoms with Crippen molar-refractivity contribution in [3.63, 3.8) is 0 Å². The van der Waals surface area contributed by atoms with Crippen LogP contribution in [0, 0.1) is 0 Å². The molecule has 0 saturated heterocycles. The second kappa shape index (κ2) is 7.66. The Kier molecular flexibility index (Phi) is 5.87. The summed E-state index contributed by atoms with van der Waals surface area (Å²) in [7, 11) is 1.81. The average Bonchev–Trinajstić information content (AvgIpc) is 2.52. The number of amides is 1. The van der Waals surface area contributed by atoms with Crippen LogP contribution in [0.4, 0.5) is 0 Å². The molecule has 0 bridgehead atoms. The normalized spacial score (nSPS) is 12.0. The number of hydrogen-bond donors (Lipinski definition) is 0. The van der Waals surface area contributed by atoms with Crippen molar-refractivity contribution in [3.05, 3.63) is 69.7 Å². The van der Waals surface area contributed by atoms with E-state index in [1.54, 1.807) is 17.0 Å². The first kappa shape index (κ1) is 16.9. The summed E-state index contributed by atoms with van der Waals surface area (Å²) in [6.45, 7) is 1.97. The highest BCUT2D eigenvalue weighted by Crippen LogP contribution is 2.29. The van der Waals surface area contributed by atoms with Gasteiger partial charge in [0, 0.05) is 23.5 Å². The lowest BCUT2D eigenvalue weighted by atomic mass is 10.1. The first-order valence-corrected chi connectivity index (χ1v) is 7.99. The minimum atomic E-state index is -0.0898. The van der Waals surface area contributed by atoms with Gasteiger partial charge in [0.1, 0.15) is 0 Å². The molecule has 0 N–H and O–H groups in total. The van der Waals surface area contributed by atoms with Crippen molar-refractivity contribution in [2.75, 3.05) is 7.05 Å². The van der Waals surface area contributed by atoms with Gasteiger partial charge >= 0.3 is 0 Å². The van der Waals surface area contributed by atoms with E-state index in [4.69, 9.17) is 23.2 Å². The summed E-state index contributed by atoms with van der Waals surface area (Å²) in [5, 5.41) is 1.18. The number of rotatable bonds is 5. The lowest BCUT2D eigenvalue weighted by Crippen LogP contribution is -2.30. The number of halogens is 2. The smallest absolute Gasteiger partial charge is 0.223 e. The fourth-order valence-electron chi connectivity index (χ4n) is 2.34. The van der Waals surface area contributed by atoms with Crippen LogP contribution < -0.4 is 0 Å². The molecule has 0 aromatic heterocycles. The molecule has 0 aliphatic rings. The molecule has 2 aromatic carbocycles. The minimum Gasteiger partial charge on any atom is -0.339 e. The summed E-state index contributed by atoms with van der Waals surface area (Å²) < 4.78 is 0. The van der Waals surface area contributed by atoms with Gasteiger partial charge in [-0.05, 0) is 36.6 Å². The second-order valence-corrected chi connectivity index (χ2v) is 6.18. The number of hydrogen-bond acceptors (Lipinski definition) is 1. The van der Waals surface area contributed by atoms with Crippen LogP contribution in [0.25, 0.3) is 0 Å². The molecular weight excluding hydrogens is 317 g/mol. The zero-order chi connectivity index (χ0) is 16.1. The number of benzene rings is 2. The predicted octanol–water partition coefficient (Wildman–Crippen LogP) is 5.15. The van der Waals surface area contributed by atoms with E-state index in [1.165, 1.54) is 5.56 Å². The molecule has 1 atom stereocenters. The van der Waals surface area contributed by atoms with E-state index in [0.717, 1.165) is 12.0 Å². The van der Waals surface area contributed by atoms with Gasteiger partial charge in [-0.1, -0.05) is 59.6 Å². The van der Waals surface area contributed by atoms with E-state index in [1.807, 2.05) is 50.4 Å². The van der Waals surface area contributed by atoms with Crippen molar-refractivity contribution < 1.29 is 4.79 Å². The molecule has 116 valence electrons. The fraction of sp³-hybridized carbons (Fsp3) is 0.278. The number of carbonyl (C=O) groups is 1. The number of nitrogens with zero attached hydrogens (tertiary/aromatic N) is 1. The number of carbonyl (C=O) groups excluding carboxylic acids is 1. The van der Waals surface area contributed by atoms with Crippen LogP contribution in [0.3, 0.4) is 0 Å². The topological polar surface area (TPSA) is 20.3 Å². The van der Waals surface area contributed by atoms with E-state index < -0.39 is 0 Å². The van der Waals surface area contributed by atoms with Crippen LogP contribution in [-0.4, -0.2) is 17.9 Å². The summed E-state index contributed by atoms with van der Waals surface area (Å²) in [4.78, 5) is 14.1. The summed E-state index contributed by atoms with van der Waals surface area (Å²) in [6.07, 6.45) is 1.22. The molecule has 0 spiro atoms. The van der Waals surface area contributed by atoms with E-state index in [9.17, 15) is 4.79 Å². The highest BCUT2D eigenvalue weighted by molar-refractivity contribution is 6.35. The third-order valence-electron chi connectivity index (χ3n) is 3.86. The maximum atomic E-state index is 12.4. The Bertz CT molecular complexity index is 643. The second-order valence-electron chi connectivity index (χ2n) is 5.33. The van der Waals surface area contributed by atoms with Gasteiger partial charge in [-0.2, -0.15) is 0 Å². The third kappa shape index (κ3) is 4.25. The zero-order valence-corrected chi connectivity index (χ0v) is 14.2. The Labute approximate surface area is 141 Å². The van der Waals surface area contributed by atoms with Crippen LogP contribution in [0.2, 0.25) is 10.0 Å². The Morgan fingerprint density at radius 1 is 1.14 bits per heavy atom. The van der Waals surface area contributed by atoms with Crippen molar-refractivity contribution >= 4 is 29.1 Å². The van der Waals surface area contributed by atoms with E-state index in [0.29, 0.717) is 16.5 Å². The zero-order valence-electron chi connectivity index (χ0n) is 12.7. The molecule has 0 aliphatic carbocycles. The molecule has 0 saturated carbocycles. The first-order valence-electron chi connectivity index (χ1n) is 7.23. The van der Waals surface area contributed by atoms with Crippen molar-refractivity contribution in [2.45, 2.75) is 25.8 Å². The molecule has 22 heavy (non-hydrogen) atoms. The highest BCUT2D eigenvalue weighted by atomic mass is 35.5. The van der Waals surface area contributed by atoms with Crippen molar-refractivity contribution in [1.29, 1.82) is 0 Å². The summed E-state index contributed by atoms with van der Waals surface area (Å²) in [6, 6.07) is 15.3. The van der Waals surface area contributed by atoms with Gasteiger partial charge in [-0.3, -0.25) is 4.79 Å². The molecule has 1 amide bonds. The number of aryl methyl sites for hydroxylation is 1. The minimum absolute atomic E-state index is 0.0898. The van der Waals surface area contributed by atoms with Crippen LogP contribution in [0.15, 0.2) is 48.5 Å². The van der Waals surface area contributed by atoms with Gasteiger partial charge in [-0.25, -0.2) is 0 Å². The Balaban J connectivity index is 2.00. The molecule has 0 fully saturated rings. The summed E-state index contributed by atoms with van der Waals surface area (Å²) >= 11 is 12.1. The Morgan fingerprint density at radius 3 is 2.45 bits per heavy atom. The lowest BCUT2D eigenvalue weighted by Gasteiger charge is -2.26. The molecule has 2 rings (SSSR count). The van der Waals surface area contributed by atoms with Gasteiger partial charge in [0.05, 0.1) is 6.04 Å². The van der Waals surface area contributed by atoms with Crippen LogP contribution in [0.5, 0.6) is 0 Å². The third-order valence-corrected chi connectivity index (χ3v) is 4.42. The van der Waals surface area contributed by atoms with Gasteiger partial charge in [0.2, 0.25) is 5.91 Å². The summed E-state index contributed by atoms with van der Waals surface area (Å²) in [5.74, 6) is 0.0994. The highest BCUT2D eigenvalue weighted by Gasteiger charge is 2.19. The largest absolute Gasteiger partial charge is 0.339 e. The molecule has 2 aromatic rings. The van der Waals surface area contributed by atoms with Gasteiger partial charge in [-0.15, -0.1) is 0 Å². The van der Waals surface area contributed by atoms with Crippen LogP contribution in [0.1, 0.15) is 30.5 Å². The molecule has 0 heterocycles.